The Hall–Kier alpha value is -8.22. The SMILES string of the molecule is CC(=O)OC[C@H]1O[C@@H](OC[C@H]2O[C@H](Cl)[C@H](OC(=O)c3ccc(-c4ccccc4)cc3)[C@@H](OC(=O)c3ccc(-c4ccccc4)cc3)[C@H]2OC(=O)c2ccc(-c3ccccc3)cc2)[C@H](OC(C)=O)[C@@H](OC(C)=O)[C@H]1OC(C)=O. The number of esters is 7. The Labute approximate surface area is 448 Å². The van der Waals surface area contributed by atoms with E-state index in [-0.39, 0.29) is 16.7 Å². The molecule has 77 heavy (non-hydrogen) atoms. The summed E-state index contributed by atoms with van der Waals surface area (Å²) in [4.78, 5) is 92.8. The molecule has 6 aromatic rings. The molecule has 0 spiro atoms. The summed E-state index contributed by atoms with van der Waals surface area (Å²) in [7, 11) is 0. The zero-order chi connectivity index (χ0) is 54.6. The third-order valence-electron chi connectivity index (χ3n) is 12.4. The first kappa shape index (κ1) is 55.0. The van der Waals surface area contributed by atoms with E-state index < -0.39 is 116 Å². The van der Waals surface area contributed by atoms with Crippen LogP contribution in [0.15, 0.2) is 164 Å². The highest BCUT2D eigenvalue weighted by Gasteiger charge is 2.55. The number of hydrogen-bond donors (Lipinski definition) is 0. The molecule has 398 valence electrons. The van der Waals surface area contributed by atoms with Crippen LogP contribution in [0.2, 0.25) is 0 Å². The highest BCUT2D eigenvalue weighted by atomic mass is 35.5. The molecule has 8 rings (SSSR count). The van der Waals surface area contributed by atoms with E-state index in [2.05, 4.69) is 0 Å². The molecule has 17 nitrogen and oxygen atoms in total. The number of rotatable bonds is 17. The van der Waals surface area contributed by atoms with Crippen molar-refractivity contribution in [1.82, 2.24) is 0 Å². The Morgan fingerprint density at radius 3 is 1.09 bits per heavy atom. The van der Waals surface area contributed by atoms with E-state index in [1.54, 1.807) is 48.5 Å². The predicted octanol–water partition coefficient (Wildman–Crippen LogP) is 8.73. The molecule has 2 aliphatic rings. The van der Waals surface area contributed by atoms with Crippen LogP contribution in [0.3, 0.4) is 0 Å². The van der Waals surface area contributed by atoms with Crippen LogP contribution < -0.4 is 0 Å². The van der Waals surface area contributed by atoms with E-state index in [4.69, 9.17) is 59.0 Å². The number of alkyl halides is 1. The van der Waals surface area contributed by atoms with Gasteiger partial charge < -0.3 is 47.4 Å². The van der Waals surface area contributed by atoms with Crippen molar-refractivity contribution in [2.75, 3.05) is 13.2 Å². The van der Waals surface area contributed by atoms with E-state index in [1.165, 1.54) is 24.3 Å². The summed E-state index contributed by atoms with van der Waals surface area (Å²) < 4.78 is 59.3. The van der Waals surface area contributed by atoms with Crippen molar-refractivity contribution in [1.29, 1.82) is 0 Å². The highest BCUT2D eigenvalue weighted by molar-refractivity contribution is 6.20. The summed E-state index contributed by atoms with van der Waals surface area (Å²) in [6.45, 7) is 3.08. The molecule has 2 fully saturated rings. The van der Waals surface area contributed by atoms with Crippen molar-refractivity contribution in [3.05, 3.63) is 180 Å². The van der Waals surface area contributed by atoms with Crippen molar-refractivity contribution >= 4 is 53.4 Å². The normalized spacial score (nSPS) is 22.8. The van der Waals surface area contributed by atoms with Crippen LogP contribution in [0.1, 0.15) is 58.8 Å². The van der Waals surface area contributed by atoms with Gasteiger partial charge in [0.1, 0.15) is 18.8 Å². The first-order valence-electron chi connectivity index (χ1n) is 24.4. The molecule has 0 N–H and O–H groups in total. The van der Waals surface area contributed by atoms with E-state index in [1.807, 2.05) is 91.0 Å². The summed E-state index contributed by atoms with van der Waals surface area (Å²) >= 11 is 7.04. The van der Waals surface area contributed by atoms with Gasteiger partial charge >= 0.3 is 41.8 Å². The second-order valence-electron chi connectivity index (χ2n) is 17.9. The Bertz CT molecular complexity index is 3010. The zero-order valence-electron chi connectivity index (χ0n) is 42.1. The van der Waals surface area contributed by atoms with Crippen molar-refractivity contribution in [3.8, 4) is 33.4 Å². The molecule has 2 saturated heterocycles. The average molecular weight is 1070 g/mol. The topological polar surface area (TPSA) is 212 Å². The molecule has 6 aromatic carbocycles. The molecule has 2 aliphatic heterocycles. The van der Waals surface area contributed by atoms with Gasteiger partial charge in [0.05, 0.1) is 23.3 Å². The molecule has 0 aromatic heterocycles. The van der Waals surface area contributed by atoms with E-state index >= 15 is 0 Å². The molecule has 0 radical (unpaired) electrons. The third kappa shape index (κ3) is 14.2. The summed E-state index contributed by atoms with van der Waals surface area (Å²) in [6.07, 6.45) is -14.6. The number of carbonyl (C=O) groups excluding carboxylic acids is 7. The number of carbonyl (C=O) groups is 7. The molecule has 18 heteroatoms. The molecule has 0 unspecified atom stereocenters. The fraction of sp³-hybridized carbons (Fsp3) is 0.271. The van der Waals surface area contributed by atoms with Crippen LogP contribution >= 0.6 is 11.6 Å². The Morgan fingerprint density at radius 2 is 0.688 bits per heavy atom. The second-order valence-corrected chi connectivity index (χ2v) is 18.3. The number of benzene rings is 6. The Kier molecular flexibility index (Phi) is 18.3. The largest absolute Gasteiger partial charge is 0.463 e. The lowest BCUT2D eigenvalue weighted by Crippen LogP contribution is -2.64. The standard InChI is InChI=1S/C59H53ClO17/c1-34(61)68-32-48-49(70-35(2)62)52(71-36(3)63)54(72-37(4)64)59(74-48)69-33-47-50(75-56(65)44-26-20-41(21-27-44)38-14-8-5-9-15-38)51(76-57(66)45-28-22-42(23-29-45)39-16-10-6-11-17-39)53(55(60)73-47)77-58(67)46-30-24-43(25-31-46)40-18-12-7-13-19-40/h5-31,47-55,59H,32-33H2,1-4H3/t47-,48-,49+,50+,51+,52+,53-,54-,55+,59-/m1/s1. The van der Waals surface area contributed by atoms with Gasteiger partial charge in [-0.2, -0.15) is 0 Å². The fourth-order valence-electron chi connectivity index (χ4n) is 8.78. The molecule has 0 bridgehead atoms. The molecule has 10 atom stereocenters. The maximum atomic E-state index is 14.5. The minimum absolute atomic E-state index is 0.0607. The van der Waals surface area contributed by atoms with Crippen molar-refractivity contribution in [2.24, 2.45) is 0 Å². The predicted molar refractivity (Wildman–Crippen MR) is 276 cm³/mol. The van der Waals surface area contributed by atoms with Gasteiger partial charge in [-0.05, 0) is 69.8 Å². The fourth-order valence-corrected chi connectivity index (χ4v) is 9.10. The summed E-state index contributed by atoms with van der Waals surface area (Å²) in [5, 5.41) is 0. The number of hydrogen-bond acceptors (Lipinski definition) is 17. The average Bonchev–Trinajstić information content (AvgIpc) is 3.43. The minimum Gasteiger partial charge on any atom is -0.463 e. The molecule has 0 amide bonds. The van der Waals surface area contributed by atoms with Crippen LogP contribution in [-0.4, -0.2) is 116 Å². The zero-order valence-corrected chi connectivity index (χ0v) is 42.9. The van der Waals surface area contributed by atoms with Crippen LogP contribution in [0, 0.1) is 0 Å². The van der Waals surface area contributed by atoms with Crippen LogP contribution in [0.25, 0.3) is 33.4 Å². The second kappa shape index (κ2) is 25.5. The minimum atomic E-state index is -1.74. The van der Waals surface area contributed by atoms with Crippen molar-refractivity contribution in [2.45, 2.75) is 88.4 Å². The number of ether oxygens (including phenoxy) is 10. The molecular formula is C59H53ClO17. The van der Waals surface area contributed by atoms with Gasteiger partial charge in [-0.1, -0.05) is 139 Å². The van der Waals surface area contributed by atoms with Crippen LogP contribution in [0.5, 0.6) is 0 Å². The third-order valence-corrected chi connectivity index (χ3v) is 12.7. The maximum Gasteiger partial charge on any atom is 0.338 e. The highest BCUT2D eigenvalue weighted by Crippen LogP contribution is 2.36. The smallest absolute Gasteiger partial charge is 0.338 e. The summed E-state index contributed by atoms with van der Waals surface area (Å²) in [5.41, 5.74) is 3.63. The van der Waals surface area contributed by atoms with Crippen molar-refractivity contribution in [3.63, 3.8) is 0 Å². The van der Waals surface area contributed by atoms with Crippen LogP contribution in [-0.2, 0) is 66.5 Å². The first-order chi connectivity index (χ1) is 37.1. The Balaban J connectivity index is 1.16. The van der Waals surface area contributed by atoms with E-state index in [0.717, 1.165) is 61.1 Å². The molecular weight excluding hydrogens is 1020 g/mol. The van der Waals surface area contributed by atoms with Crippen LogP contribution in [0.4, 0.5) is 0 Å². The van der Waals surface area contributed by atoms with E-state index in [0.29, 0.717) is 0 Å². The lowest BCUT2D eigenvalue weighted by molar-refractivity contribution is -0.316. The molecule has 0 aliphatic carbocycles. The van der Waals surface area contributed by atoms with Gasteiger partial charge in [0.25, 0.3) is 0 Å². The van der Waals surface area contributed by atoms with Crippen molar-refractivity contribution < 1.29 is 80.9 Å². The Morgan fingerprint density at radius 1 is 0.364 bits per heavy atom. The maximum absolute atomic E-state index is 14.5. The van der Waals surface area contributed by atoms with Gasteiger partial charge in [0.15, 0.2) is 48.5 Å². The lowest BCUT2D eigenvalue weighted by Gasteiger charge is -2.45. The van der Waals surface area contributed by atoms with E-state index in [9.17, 15) is 33.6 Å². The first-order valence-corrected chi connectivity index (χ1v) is 24.9. The summed E-state index contributed by atoms with van der Waals surface area (Å²) in [6, 6.07) is 47.9. The summed E-state index contributed by atoms with van der Waals surface area (Å²) in [5.74, 6) is -6.13. The van der Waals surface area contributed by atoms with Gasteiger partial charge in [-0.25, -0.2) is 14.4 Å². The van der Waals surface area contributed by atoms with Gasteiger partial charge in [-0.3, -0.25) is 19.2 Å². The molecule has 0 saturated carbocycles. The monoisotopic (exact) mass is 1070 g/mol. The van der Waals surface area contributed by atoms with Gasteiger partial charge in [0.2, 0.25) is 0 Å². The quantitative estimate of drug-likeness (QED) is 0.0475. The lowest BCUT2D eigenvalue weighted by atomic mass is 9.97. The van der Waals surface area contributed by atoms with Gasteiger partial charge in [-0.15, -0.1) is 0 Å². The number of halogens is 1. The molecule has 2 heterocycles. The van der Waals surface area contributed by atoms with Gasteiger partial charge in [0, 0.05) is 27.7 Å².